The molecule has 24 heavy (non-hydrogen) atoms. The molecule has 8 nitrogen and oxygen atoms in total. The molecular formula is C16H19N3O5. The normalized spacial score (nSPS) is 20.3. The molecule has 2 aromatic rings. The smallest absolute Gasteiger partial charge is 0.351 e. The Morgan fingerprint density at radius 2 is 2.08 bits per heavy atom. The minimum absolute atomic E-state index is 0.131. The number of hydrogen-bond acceptors (Lipinski definition) is 7. The molecule has 2 atom stereocenters. The van der Waals surface area contributed by atoms with Crippen LogP contribution >= 0.6 is 0 Å². The van der Waals surface area contributed by atoms with E-state index in [0.717, 1.165) is 5.56 Å². The van der Waals surface area contributed by atoms with Gasteiger partial charge in [-0.1, -0.05) is 30.3 Å². The first-order chi connectivity index (χ1) is 11.7. The van der Waals surface area contributed by atoms with E-state index < -0.39 is 18.2 Å². The van der Waals surface area contributed by atoms with Gasteiger partial charge in [0.2, 0.25) is 0 Å². The van der Waals surface area contributed by atoms with E-state index in [2.05, 4.69) is 4.98 Å². The van der Waals surface area contributed by atoms with Gasteiger partial charge in [-0.25, -0.2) is 4.79 Å². The monoisotopic (exact) mass is 333 g/mol. The van der Waals surface area contributed by atoms with Crippen molar-refractivity contribution in [2.45, 2.75) is 19.1 Å². The second kappa shape index (κ2) is 8.02. The molecule has 0 spiro atoms. The van der Waals surface area contributed by atoms with Crippen LogP contribution in [0.15, 0.2) is 47.4 Å². The minimum Gasteiger partial charge on any atom is -0.383 e. The minimum atomic E-state index is -0.556. The van der Waals surface area contributed by atoms with Crippen molar-refractivity contribution in [3.8, 4) is 0 Å². The number of nitrogen functional groups attached to an aromatic ring is 1. The number of ether oxygens (including phenoxy) is 4. The highest BCUT2D eigenvalue weighted by Crippen LogP contribution is 2.19. The lowest BCUT2D eigenvalue weighted by molar-refractivity contribution is -0.149. The summed E-state index contributed by atoms with van der Waals surface area (Å²) in [5, 5.41) is 0. The summed E-state index contributed by atoms with van der Waals surface area (Å²) < 4.78 is 23.2. The van der Waals surface area contributed by atoms with Gasteiger partial charge in [0.15, 0.2) is 12.5 Å². The van der Waals surface area contributed by atoms with Crippen LogP contribution in [0.2, 0.25) is 0 Å². The number of anilines is 1. The van der Waals surface area contributed by atoms with E-state index >= 15 is 0 Å². The highest BCUT2D eigenvalue weighted by atomic mass is 16.8. The SMILES string of the molecule is Nc1ccn([C@@H]2CO[C@H](COCOCc3ccccc3)O2)c(=O)n1. The third kappa shape index (κ3) is 4.39. The topological polar surface area (TPSA) is 97.8 Å². The summed E-state index contributed by atoms with van der Waals surface area (Å²) in [6.45, 7) is 1.06. The molecule has 2 heterocycles. The molecule has 0 saturated carbocycles. The molecule has 0 aliphatic carbocycles. The summed E-state index contributed by atoms with van der Waals surface area (Å²) in [5.41, 5.74) is 6.06. The molecule has 0 radical (unpaired) electrons. The Kier molecular flexibility index (Phi) is 5.55. The van der Waals surface area contributed by atoms with Crippen LogP contribution < -0.4 is 11.4 Å². The summed E-state index contributed by atoms with van der Waals surface area (Å²) in [5.74, 6) is 0.172. The Bertz CT molecular complexity index is 706. The van der Waals surface area contributed by atoms with E-state index in [1.165, 1.54) is 16.8 Å². The standard InChI is InChI=1S/C16H19N3O5/c17-13-6-7-19(16(20)18-13)14-9-23-15(24-14)10-22-11-21-8-12-4-2-1-3-5-12/h1-7,14-15H,8-11H2,(H2,17,18,20)/t14-,15-/m0/s1. The van der Waals surface area contributed by atoms with E-state index in [0.29, 0.717) is 6.61 Å². The lowest BCUT2D eigenvalue weighted by Crippen LogP contribution is -2.28. The van der Waals surface area contributed by atoms with Crippen LogP contribution in [0.1, 0.15) is 11.8 Å². The van der Waals surface area contributed by atoms with Crippen LogP contribution in [0, 0.1) is 0 Å². The molecule has 2 N–H and O–H groups in total. The molecule has 1 aliphatic rings. The second-order valence-corrected chi connectivity index (χ2v) is 5.22. The van der Waals surface area contributed by atoms with Gasteiger partial charge >= 0.3 is 5.69 Å². The second-order valence-electron chi connectivity index (χ2n) is 5.22. The van der Waals surface area contributed by atoms with Gasteiger partial charge in [-0.15, -0.1) is 0 Å². The molecule has 1 aliphatic heterocycles. The highest BCUT2D eigenvalue weighted by molar-refractivity contribution is 5.23. The molecule has 1 fully saturated rings. The molecule has 0 unspecified atom stereocenters. The van der Waals surface area contributed by atoms with E-state index in [-0.39, 0.29) is 25.8 Å². The van der Waals surface area contributed by atoms with E-state index in [1.54, 1.807) is 0 Å². The van der Waals surface area contributed by atoms with Crippen LogP contribution in [0.5, 0.6) is 0 Å². The van der Waals surface area contributed by atoms with Gasteiger partial charge in [0.05, 0.1) is 13.2 Å². The Balaban J connectivity index is 1.38. The zero-order valence-corrected chi connectivity index (χ0v) is 13.0. The van der Waals surface area contributed by atoms with Crippen molar-refractivity contribution >= 4 is 5.82 Å². The average Bonchev–Trinajstić information content (AvgIpc) is 3.04. The van der Waals surface area contributed by atoms with Gasteiger partial charge in [-0.3, -0.25) is 4.57 Å². The van der Waals surface area contributed by atoms with Gasteiger partial charge < -0.3 is 24.7 Å². The maximum atomic E-state index is 11.8. The summed E-state index contributed by atoms with van der Waals surface area (Å²) in [6.07, 6.45) is 0.439. The summed E-state index contributed by atoms with van der Waals surface area (Å²) in [6, 6.07) is 11.3. The van der Waals surface area contributed by atoms with Gasteiger partial charge in [0.1, 0.15) is 19.2 Å². The molecule has 1 saturated heterocycles. The van der Waals surface area contributed by atoms with Crippen LogP contribution in [-0.2, 0) is 25.6 Å². The zero-order valence-electron chi connectivity index (χ0n) is 13.0. The van der Waals surface area contributed by atoms with Crippen LogP contribution in [0.25, 0.3) is 0 Å². The fraction of sp³-hybridized carbons (Fsp3) is 0.375. The average molecular weight is 333 g/mol. The van der Waals surface area contributed by atoms with Crippen LogP contribution in [0.4, 0.5) is 5.82 Å². The van der Waals surface area contributed by atoms with Crippen molar-refractivity contribution in [2.24, 2.45) is 0 Å². The van der Waals surface area contributed by atoms with Gasteiger partial charge in [0.25, 0.3) is 0 Å². The number of aromatic nitrogens is 2. The van der Waals surface area contributed by atoms with Gasteiger partial charge in [-0.2, -0.15) is 4.98 Å². The third-order valence-corrected chi connectivity index (χ3v) is 3.43. The number of hydrogen-bond donors (Lipinski definition) is 1. The summed E-state index contributed by atoms with van der Waals surface area (Å²) in [7, 11) is 0. The maximum Gasteiger partial charge on any atom is 0.351 e. The predicted molar refractivity (Wildman–Crippen MR) is 84.8 cm³/mol. The summed E-state index contributed by atoms with van der Waals surface area (Å²) in [4.78, 5) is 15.4. The molecular weight excluding hydrogens is 314 g/mol. The Labute approximate surface area is 138 Å². The molecule has 3 rings (SSSR count). The predicted octanol–water partition coefficient (Wildman–Crippen LogP) is 0.888. The van der Waals surface area contributed by atoms with Crippen molar-refractivity contribution < 1.29 is 18.9 Å². The lowest BCUT2D eigenvalue weighted by atomic mass is 10.2. The highest BCUT2D eigenvalue weighted by Gasteiger charge is 2.28. The quantitative estimate of drug-likeness (QED) is 0.593. The Morgan fingerprint density at radius 1 is 1.25 bits per heavy atom. The number of nitrogens with zero attached hydrogens (tertiary/aromatic N) is 2. The van der Waals surface area contributed by atoms with Crippen molar-refractivity contribution in [1.29, 1.82) is 0 Å². The van der Waals surface area contributed by atoms with Crippen molar-refractivity contribution in [2.75, 3.05) is 25.7 Å². The van der Waals surface area contributed by atoms with Crippen molar-refractivity contribution in [3.63, 3.8) is 0 Å². The maximum absolute atomic E-state index is 11.8. The zero-order chi connectivity index (χ0) is 16.8. The van der Waals surface area contributed by atoms with Crippen LogP contribution in [0.3, 0.4) is 0 Å². The molecule has 0 amide bonds. The molecule has 8 heteroatoms. The molecule has 1 aromatic heterocycles. The van der Waals surface area contributed by atoms with E-state index in [1.807, 2.05) is 30.3 Å². The summed E-state index contributed by atoms with van der Waals surface area (Å²) >= 11 is 0. The fourth-order valence-corrected chi connectivity index (χ4v) is 2.26. The molecule has 0 bridgehead atoms. The first-order valence-electron chi connectivity index (χ1n) is 7.53. The fourth-order valence-electron chi connectivity index (χ4n) is 2.26. The number of rotatable bonds is 7. The Morgan fingerprint density at radius 3 is 2.88 bits per heavy atom. The number of benzene rings is 1. The first-order valence-corrected chi connectivity index (χ1v) is 7.53. The largest absolute Gasteiger partial charge is 0.383 e. The van der Waals surface area contributed by atoms with Crippen LogP contribution in [-0.4, -0.2) is 35.8 Å². The van der Waals surface area contributed by atoms with Gasteiger partial charge in [-0.05, 0) is 11.6 Å². The lowest BCUT2D eigenvalue weighted by Gasteiger charge is -2.13. The molecule has 128 valence electrons. The first kappa shape index (κ1) is 16.6. The van der Waals surface area contributed by atoms with E-state index in [4.69, 9.17) is 24.7 Å². The Hall–Kier alpha value is -2.26. The van der Waals surface area contributed by atoms with E-state index in [9.17, 15) is 4.79 Å². The third-order valence-electron chi connectivity index (χ3n) is 3.43. The number of nitrogens with two attached hydrogens (primary N) is 1. The van der Waals surface area contributed by atoms with Crippen molar-refractivity contribution in [1.82, 2.24) is 9.55 Å². The van der Waals surface area contributed by atoms with Gasteiger partial charge in [0, 0.05) is 6.20 Å². The van der Waals surface area contributed by atoms with Crippen molar-refractivity contribution in [3.05, 3.63) is 58.6 Å². The molecule has 1 aromatic carbocycles.